The summed E-state index contributed by atoms with van der Waals surface area (Å²) >= 11 is 0. The van der Waals surface area contributed by atoms with Gasteiger partial charge in [0.15, 0.2) is 0 Å². The second-order valence-electron chi connectivity index (χ2n) is 8.29. The van der Waals surface area contributed by atoms with Gasteiger partial charge in [0.2, 0.25) is 0 Å². The van der Waals surface area contributed by atoms with Crippen LogP contribution in [0, 0.1) is 6.07 Å². The van der Waals surface area contributed by atoms with Crippen LogP contribution in [0.1, 0.15) is 25.3 Å². The van der Waals surface area contributed by atoms with E-state index in [1.807, 2.05) is 12.3 Å². The average molecular weight is 551 g/mol. The molecule has 0 aliphatic rings. The maximum atomic E-state index is 6.26. The van der Waals surface area contributed by atoms with Gasteiger partial charge in [-0.05, 0) is 28.4 Å². The zero-order valence-electron chi connectivity index (χ0n) is 16.4. The largest absolute Gasteiger partial charge is 0.501 e. The van der Waals surface area contributed by atoms with E-state index in [-0.39, 0.29) is 20.1 Å². The summed E-state index contributed by atoms with van der Waals surface area (Å²) in [4.78, 5) is 4.72. The molecule has 0 amide bonds. The molecular formula is C23H24IrNOSi-. The Hall–Kier alpha value is -1.74. The minimum Gasteiger partial charge on any atom is -0.501 e. The second kappa shape index (κ2) is 7.35. The topological polar surface area (TPSA) is 26.0 Å². The first-order chi connectivity index (χ1) is 12.3. The second-order valence-corrected chi connectivity index (χ2v) is 13.4. The van der Waals surface area contributed by atoms with E-state index in [2.05, 4.69) is 76.0 Å². The summed E-state index contributed by atoms with van der Waals surface area (Å²) in [6.07, 6.45) is 2.02. The molecule has 2 nitrogen and oxygen atoms in total. The third-order valence-electron chi connectivity index (χ3n) is 5.01. The fraction of sp³-hybridized carbons (Fsp3) is 0.261. The minimum absolute atomic E-state index is 0. The van der Waals surface area contributed by atoms with Gasteiger partial charge < -0.3 is 9.40 Å². The maximum absolute atomic E-state index is 6.26. The molecule has 141 valence electrons. The molecule has 0 unspecified atom stereocenters. The molecule has 0 N–H and O–H groups in total. The van der Waals surface area contributed by atoms with E-state index >= 15 is 0 Å². The Kier molecular flexibility index (Phi) is 5.44. The first kappa shape index (κ1) is 20.0. The normalized spacial score (nSPS) is 11.9. The van der Waals surface area contributed by atoms with Crippen molar-refractivity contribution in [1.82, 2.24) is 4.98 Å². The zero-order valence-corrected chi connectivity index (χ0v) is 19.8. The van der Waals surface area contributed by atoms with Crippen LogP contribution < -0.4 is 5.19 Å². The van der Waals surface area contributed by atoms with Crippen molar-refractivity contribution in [2.24, 2.45) is 0 Å². The number of nitrogens with zero attached hydrogens (tertiary/aromatic N) is 1. The van der Waals surface area contributed by atoms with Crippen LogP contribution in [0.3, 0.4) is 0 Å². The molecule has 0 fully saturated rings. The number of pyridine rings is 1. The quantitative estimate of drug-likeness (QED) is 0.227. The molecule has 4 aromatic rings. The van der Waals surface area contributed by atoms with Crippen LogP contribution in [0.2, 0.25) is 19.6 Å². The van der Waals surface area contributed by atoms with Gasteiger partial charge in [0, 0.05) is 31.7 Å². The van der Waals surface area contributed by atoms with Gasteiger partial charge in [0.1, 0.15) is 5.58 Å². The van der Waals surface area contributed by atoms with Gasteiger partial charge in [0.25, 0.3) is 0 Å². The Morgan fingerprint density at radius 3 is 2.41 bits per heavy atom. The number of hydrogen-bond donors (Lipinski definition) is 0. The van der Waals surface area contributed by atoms with Crippen LogP contribution in [0.15, 0.2) is 53.1 Å². The summed E-state index contributed by atoms with van der Waals surface area (Å²) < 4.78 is 6.26. The molecule has 0 bridgehead atoms. The summed E-state index contributed by atoms with van der Waals surface area (Å²) in [5, 5.41) is 3.64. The van der Waals surface area contributed by atoms with E-state index in [0.717, 1.165) is 33.2 Å². The third-order valence-corrected chi connectivity index (χ3v) is 7.04. The summed E-state index contributed by atoms with van der Waals surface area (Å²) in [5.74, 6) is 0.481. The summed E-state index contributed by atoms with van der Waals surface area (Å²) in [6.45, 7) is 11.4. The van der Waals surface area contributed by atoms with Crippen LogP contribution in [0.25, 0.3) is 33.2 Å². The fourth-order valence-electron chi connectivity index (χ4n) is 3.29. The summed E-state index contributed by atoms with van der Waals surface area (Å²) in [6, 6.07) is 18.2. The van der Waals surface area contributed by atoms with Crippen molar-refractivity contribution in [1.29, 1.82) is 0 Å². The number of fused-ring (bicyclic) bond motifs is 3. The van der Waals surface area contributed by atoms with Crippen molar-refractivity contribution in [3.05, 3.63) is 60.3 Å². The van der Waals surface area contributed by atoms with E-state index in [1.54, 1.807) is 0 Å². The molecule has 4 rings (SSSR count). The van der Waals surface area contributed by atoms with Gasteiger partial charge in [-0.1, -0.05) is 68.7 Å². The predicted molar refractivity (Wildman–Crippen MR) is 113 cm³/mol. The standard InChI is InChI=1S/C23H24NOSi.Ir/c1-15(2)16-9-11-18-19-7-6-8-20(23(19)25-22(18)13-16)21-12-10-17(14-24-21)26(3,4)5;/h6-7,9-15H,1-5H3;/q-1;. The van der Waals surface area contributed by atoms with E-state index in [4.69, 9.17) is 9.40 Å². The van der Waals surface area contributed by atoms with E-state index < -0.39 is 8.07 Å². The van der Waals surface area contributed by atoms with E-state index in [1.165, 1.54) is 10.8 Å². The number of aromatic nitrogens is 1. The predicted octanol–water partition coefficient (Wildman–Crippen LogP) is 6.11. The SMILES string of the molecule is CC(C)c1ccc2c(c1)oc1c(-c3ccc([Si](C)(C)C)cn3)[c-]ccc12.[Ir]. The first-order valence-electron chi connectivity index (χ1n) is 9.18. The summed E-state index contributed by atoms with van der Waals surface area (Å²) in [5.41, 5.74) is 4.95. The Morgan fingerprint density at radius 1 is 1.00 bits per heavy atom. The Bertz CT molecular complexity index is 1090. The number of hydrogen-bond acceptors (Lipinski definition) is 2. The molecule has 2 heterocycles. The molecular weight excluding hydrogens is 527 g/mol. The van der Waals surface area contributed by atoms with Crippen molar-refractivity contribution in [2.45, 2.75) is 39.4 Å². The van der Waals surface area contributed by atoms with Gasteiger partial charge in [-0.15, -0.1) is 18.2 Å². The molecule has 27 heavy (non-hydrogen) atoms. The molecule has 0 atom stereocenters. The van der Waals surface area contributed by atoms with Crippen LogP contribution >= 0.6 is 0 Å². The molecule has 2 aromatic heterocycles. The van der Waals surface area contributed by atoms with E-state index in [9.17, 15) is 0 Å². The van der Waals surface area contributed by atoms with Crippen molar-refractivity contribution in [2.75, 3.05) is 0 Å². The third kappa shape index (κ3) is 3.67. The van der Waals surface area contributed by atoms with Crippen LogP contribution in [-0.2, 0) is 20.1 Å². The zero-order chi connectivity index (χ0) is 18.5. The van der Waals surface area contributed by atoms with E-state index in [0.29, 0.717) is 5.92 Å². The Labute approximate surface area is 175 Å². The Morgan fingerprint density at radius 2 is 1.78 bits per heavy atom. The smallest absolute Gasteiger partial charge is 0.121 e. The van der Waals surface area contributed by atoms with Gasteiger partial charge in [-0.2, -0.15) is 0 Å². The number of benzene rings is 2. The molecule has 0 aliphatic carbocycles. The van der Waals surface area contributed by atoms with Gasteiger partial charge in [0.05, 0.1) is 13.7 Å². The van der Waals surface area contributed by atoms with Crippen LogP contribution in [-0.4, -0.2) is 13.1 Å². The fourth-order valence-corrected chi connectivity index (χ4v) is 4.33. The van der Waals surface area contributed by atoms with Crippen molar-refractivity contribution in [3.8, 4) is 11.3 Å². The molecule has 0 aliphatic heterocycles. The van der Waals surface area contributed by atoms with Crippen molar-refractivity contribution >= 4 is 35.2 Å². The Balaban J connectivity index is 0.00000210. The minimum atomic E-state index is -1.35. The number of rotatable bonds is 3. The number of furan rings is 1. The molecule has 4 heteroatoms. The van der Waals surface area contributed by atoms with Gasteiger partial charge in [-0.3, -0.25) is 0 Å². The van der Waals surface area contributed by atoms with Crippen molar-refractivity contribution in [3.63, 3.8) is 0 Å². The molecule has 0 saturated heterocycles. The maximum Gasteiger partial charge on any atom is 0.121 e. The van der Waals surface area contributed by atoms with Gasteiger partial charge >= 0.3 is 0 Å². The molecule has 0 saturated carbocycles. The van der Waals surface area contributed by atoms with Crippen LogP contribution in [0.5, 0.6) is 0 Å². The van der Waals surface area contributed by atoms with Crippen LogP contribution in [0.4, 0.5) is 0 Å². The average Bonchev–Trinajstić information content (AvgIpc) is 2.98. The molecule has 0 spiro atoms. The van der Waals surface area contributed by atoms with Gasteiger partial charge in [-0.25, -0.2) is 0 Å². The monoisotopic (exact) mass is 551 g/mol. The molecule has 1 radical (unpaired) electrons. The summed E-state index contributed by atoms with van der Waals surface area (Å²) in [7, 11) is -1.35. The molecule has 2 aromatic carbocycles. The first-order valence-corrected chi connectivity index (χ1v) is 12.7. The van der Waals surface area contributed by atoms with Crippen molar-refractivity contribution < 1.29 is 24.5 Å².